The van der Waals surface area contributed by atoms with Gasteiger partial charge in [0.05, 0.1) is 0 Å². The predicted octanol–water partition coefficient (Wildman–Crippen LogP) is 4.51. The van der Waals surface area contributed by atoms with Crippen LogP contribution in [0.5, 0.6) is 0 Å². The Morgan fingerprint density at radius 2 is 1.81 bits per heavy atom. The zero-order valence-corrected chi connectivity index (χ0v) is 14.7. The van der Waals surface area contributed by atoms with Crippen molar-refractivity contribution in [3.05, 3.63) is 40.5 Å². The molecule has 21 heavy (non-hydrogen) atoms. The van der Waals surface area contributed by atoms with Gasteiger partial charge in [0.2, 0.25) is 5.78 Å². The summed E-state index contributed by atoms with van der Waals surface area (Å²) in [6, 6.07) is 4.24. The van der Waals surface area contributed by atoms with Crippen LogP contribution in [0.25, 0.3) is 5.70 Å². The summed E-state index contributed by atoms with van der Waals surface area (Å²) in [5, 5.41) is 3.36. The second-order valence-electron chi connectivity index (χ2n) is 6.20. The lowest BCUT2D eigenvalue weighted by molar-refractivity contribution is -0.113. The first-order valence-corrected chi connectivity index (χ1v) is 7.84. The second-order valence-corrected chi connectivity index (χ2v) is 8.48. The molecular weight excluding hydrogens is 329 g/mol. The Bertz CT molecular complexity index is 627. The largest absolute Gasteiger partial charge is 0.379 e. The van der Waals surface area contributed by atoms with Gasteiger partial charge in [0, 0.05) is 22.9 Å². The van der Waals surface area contributed by atoms with Gasteiger partial charge in [0.1, 0.15) is 0 Å². The summed E-state index contributed by atoms with van der Waals surface area (Å²) in [6.45, 7) is 8.29. The van der Waals surface area contributed by atoms with Crippen molar-refractivity contribution in [1.29, 1.82) is 0 Å². The summed E-state index contributed by atoms with van der Waals surface area (Å²) in [7, 11) is 0. The molecule has 0 radical (unpaired) electrons. The number of allylic oxidation sites excluding steroid dienone is 1. The lowest BCUT2D eigenvalue weighted by atomic mass is 9.84. The SMILES string of the molecule is Cc1cc2c(cc1C)C(=CC(=O)C(Cl)(Cl)Cl)NC(C)(C)C2. The first-order chi connectivity index (χ1) is 9.49. The van der Waals surface area contributed by atoms with Crippen LogP contribution in [0.15, 0.2) is 18.2 Å². The smallest absolute Gasteiger partial charge is 0.252 e. The molecule has 0 amide bonds. The normalized spacial score (nSPS) is 19.1. The number of nitrogens with one attached hydrogen (secondary N) is 1. The molecule has 0 saturated heterocycles. The highest BCUT2D eigenvalue weighted by Gasteiger charge is 2.32. The van der Waals surface area contributed by atoms with Gasteiger partial charge in [-0.25, -0.2) is 0 Å². The molecule has 0 aliphatic carbocycles. The molecule has 0 fully saturated rings. The van der Waals surface area contributed by atoms with Gasteiger partial charge in [-0.3, -0.25) is 4.79 Å². The summed E-state index contributed by atoms with van der Waals surface area (Å²) in [5.41, 5.74) is 5.15. The van der Waals surface area contributed by atoms with Crippen LogP contribution in [-0.4, -0.2) is 15.1 Å². The molecular formula is C16H18Cl3NO. The summed E-state index contributed by atoms with van der Waals surface area (Å²) in [5.74, 6) is -0.545. The molecule has 1 heterocycles. The highest BCUT2D eigenvalue weighted by molar-refractivity contribution is 6.77. The van der Waals surface area contributed by atoms with Gasteiger partial charge in [-0.1, -0.05) is 40.9 Å². The van der Waals surface area contributed by atoms with E-state index >= 15 is 0 Å². The van der Waals surface area contributed by atoms with E-state index in [9.17, 15) is 4.79 Å². The number of fused-ring (bicyclic) bond motifs is 1. The van der Waals surface area contributed by atoms with Crippen LogP contribution in [0.4, 0.5) is 0 Å². The summed E-state index contributed by atoms with van der Waals surface area (Å²) >= 11 is 17.0. The fourth-order valence-electron chi connectivity index (χ4n) is 2.55. The minimum atomic E-state index is -1.93. The quantitative estimate of drug-likeness (QED) is 0.599. The number of hydrogen-bond donors (Lipinski definition) is 1. The zero-order valence-electron chi connectivity index (χ0n) is 12.5. The summed E-state index contributed by atoms with van der Waals surface area (Å²) < 4.78 is -1.93. The third-order valence-electron chi connectivity index (χ3n) is 3.67. The molecule has 0 saturated carbocycles. The van der Waals surface area contributed by atoms with E-state index < -0.39 is 9.58 Å². The molecule has 0 bridgehead atoms. The molecule has 0 aromatic heterocycles. The molecule has 2 rings (SSSR count). The van der Waals surface area contributed by atoms with Crippen molar-refractivity contribution in [3.8, 4) is 0 Å². The molecule has 114 valence electrons. The number of ketones is 1. The molecule has 0 unspecified atom stereocenters. The van der Waals surface area contributed by atoms with Gasteiger partial charge in [-0.15, -0.1) is 0 Å². The highest BCUT2D eigenvalue weighted by atomic mass is 35.6. The number of carbonyl (C=O) groups excluding carboxylic acids is 1. The van der Waals surface area contributed by atoms with Crippen LogP contribution >= 0.6 is 34.8 Å². The molecule has 1 aromatic carbocycles. The Hall–Kier alpha value is -0.700. The van der Waals surface area contributed by atoms with Crippen molar-refractivity contribution < 1.29 is 4.79 Å². The van der Waals surface area contributed by atoms with E-state index in [0.717, 1.165) is 12.0 Å². The van der Waals surface area contributed by atoms with Crippen LogP contribution < -0.4 is 5.32 Å². The summed E-state index contributed by atoms with van der Waals surface area (Å²) in [4.78, 5) is 12.0. The Balaban J connectivity index is 2.56. The Labute approximate surface area is 140 Å². The maximum Gasteiger partial charge on any atom is 0.252 e. The predicted molar refractivity (Wildman–Crippen MR) is 90.1 cm³/mol. The number of alkyl halides is 3. The molecule has 5 heteroatoms. The first kappa shape index (κ1) is 16.7. The number of benzene rings is 1. The van der Waals surface area contributed by atoms with E-state index in [1.54, 1.807) is 0 Å². The van der Waals surface area contributed by atoms with Gasteiger partial charge in [0.15, 0.2) is 0 Å². The Kier molecular flexibility index (Phi) is 4.36. The van der Waals surface area contributed by atoms with E-state index in [1.165, 1.54) is 22.8 Å². The average Bonchev–Trinajstić information content (AvgIpc) is 2.29. The number of hydrogen-bond acceptors (Lipinski definition) is 2. The number of halogens is 3. The standard InChI is InChI=1S/C16H18Cl3NO/c1-9-5-11-8-15(3,4)20-13(12(11)6-10(9)2)7-14(21)16(17,18)19/h5-7,20H,8H2,1-4H3. The Morgan fingerprint density at radius 3 is 2.38 bits per heavy atom. The van der Waals surface area contributed by atoms with Crippen molar-refractivity contribution in [2.24, 2.45) is 0 Å². The van der Waals surface area contributed by atoms with E-state index in [1.807, 2.05) is 6.92 Å². The minimum Gasteiger partial charge on any atom is -0.379 e. The van der Waals surface area contributed by atoms with Crippen LogP contribution in [0, 0.1) is 13.8 Å². The van der Waals surface area contributed by atoms with Crippen LogP contribution in [0.3, 0.4) is 0 Å². The van der Waals surface area contributed by atoms with E-state index in [2.05, 4.69) is 38.2 Å². The van der Waals surface area contributed by atoms with Crippen molar-refractivity contribution in [1.82, 2.24) is 5.32 Å². The molecule has 0 atom stereocenters. The average molecular weight is 347 g/mol. The third kappa shape index (κ3) is 3.74. The number of carbonyl (C=O) groups is 1. The highest BCUT2D eigenvalue weighted by Crippen LogP contribution is 2.34. The monoisotopic (exact) mass is 345 g/mol. The van der Waals surface area contributed by atoms with E-state index in [-0.39, 0.29) is 5.54 Å². The van der Waals surface area contributed by atoms with Crippen LogP contribution in [-0.2, 0) is 11.2 Å². The number of aryl methyl sites for hydroxylation is 2. The van der Waals surface area contributed by atoms with Gasteiger partial charge >= 0.3 is 0 Å². The minimum absolute atomic E-state index is 0.158. The van der Waals surface area contributed by atoms with Gasteiger partial charge < -0.3 is 5.32 Å². The molecule has 2 nitrogen and oxygen atoms in total. The van der Waals surface area contributed by atoms with Crippen molar-refractivity contribution in [3.63, 3.8) is 0 Å². The van der Waals surface area contributed by atoms with Gasteiger partial charge in [-0.05, 0) is 56.9 Å². The lowest BCUT2D eigenvalue weighted by Gasteiger charge is -2.36. The van der Waals surface area contributed by atoms with Gasteiger partial charge in [-0.2, -0.15) is 0 Å². The van der Waals surface area contributed by atoms with E-state index in [4.69, 9.17) is 34.8 Å². The zero-order chi connectivity index (χ0) is 16.0. The molecule has 1 aromatic rings. The third-order valence-corrected chi connectivity index (χ3v) is 4.23. The Morgan fingerprint density at radius 1 is 1.24 bits per heavy atom. The van der Waals surface area contributed by atoms with E-state index in [0.29, 0.717) is 5.70 Å². The first-order valence-electron chi connectivity index (χ1n) is 6.71. The molecule has 1 aliphatic heterocycles. The topological polar surface area (TPSA) is 29.1 Å². The second kappa shape index (κ2) is 5.49. The van der Waals surface area contributed by atoms with Gasteiger partial charge in [0.25, 0.3) is 3.79 Å². The summed E-state index contributed by atoms with van der Waals surface area (Å²) in [6.07, 6.45) is 2.27. The van der Waals surface area contributed by atoms with Crippen LogP contribution in [0.1, 0.15) is 36.1 Å². The lowest BCUT2D eigenvalue weighted by Crippen LogP contribution is -2.44. The maximum absolute atomic E-state index is 12.0. The molecule has 1 N–H and O–H groups in total. The fourth-order valence-corrected chi connectivity index (χ4v) is 2.72. The number of rotatable bonds is 1. The molecule has 1 aliphatic rings. The maximum atomic E-state index is 12.0. The fraction of sp³-hybridized carbons (Fsp3) is 0.438. The van der Waals surface area contributed by atoms with Crippen molar-refractivity contribution in [2.45, 2.75) is 43.4 Å². The van der Waals surface area contributed by atoms with Crippen molar-refractivity contribution in [2.75, 3.05) is 0 Å². The van der Waals surface area contributed by atoms with Crippen LogP contribution in [0.2, 0.25) is 0 Å². The van der Waals surface area contributed by atoms with Crippen molar-refractivity contribution >= 4 is 46.3 Å². The molecule has 0 spiro atoms.